The average molecular weight is 368 g/mol. The van der Waals surface area contributed by atoms with E-state index < -0.39 is 11.2 Å². The smallest absolute Gasteiger partial charge is 0.330 e. The van der Waals surface area contributed by atoms with Gasteiger partial charge in [0.15, 0.2) is 0 Å². The van der Waals surface area contributed by atoms with Crippen LogP contribution in [0.25, 0.3) is 0 Å². The van der Waals surface area contributed by atoms with Crippen LogP contribution in [0.1, 0.15) is 53.4 Å². The summed E-state index contributed by atoms with van der Waals surface area (Å²) in [6.07, 6.45) is 2.66. The summed E-state index contributed by atoms with van der Waals surface area (Å²) in [6, 6.07) is 0. The fraction of sp³-hybridized carbons (Fsp3) is 0.722. The lowest BCUT2D eigenvalue weighted by molar-refractivity contribution is -0.143. The molecule has 1 heterocycles. The molecular formula is C18H32N4O4. The van der Waals surface area contributed by atoms with Crippen molar-refractivity contribution in [2.24, 2.45) is 5.92 Å². The molecule has 8 nitrogen and oxygen atoms in total. The van der Waals surface area contributed by atoms with Crippen molar-refractivity contribution in [2.75, 3.05) is 30.3 Å². The van der Waals surface area contributed by atoms with Crippen LogP contribution in [-0.2, 0) is 16.1 Å². The van der Waals surface area contributed by atoms with Crippen molar-refractivity contribution >= 4 is 17.5 Å². The van der Waals surface area contributed by atoms with E-state index in [0.29, 0.717) is 38.3 Å². The second-order valence-electron chi connectivity index (χ2n) is 6.75. The molecule has 1 aromatic rings. The summed E-state index contributed by atoms with van der Waals surface area (Å²) in [6.45, 7) is 9.69. The van der Waals surface area contributed by atoms with Gasteiger partial charge in [0.1, 0.15) is 11.5 Å². The molecule has 0 aliphatic carbocycles. The van der Waals surface area contributed by atoms with Gasteiger partial charge in [-0.1, -0.05) is 27.2 Å². The van der Waals surface area contributed by atoms with E-state index in [2.05, 4.69) is 11.9 Å². The number of unbranched alkanes of at least 4 members (excludes halogenated alkanes) is 1. The molecule has 3 N–H and O–H groups in total. The standard InChI is InChI=1S/C18H32N4O4/c1-5-7-10-21(11-8-9-14(23)26-6-2)15-16(19)22(12-13(3)4)18(25)20-17(15)24/h13H,5-12,19H2,1-4H3,(H,20,24,25). The van der Waals surface area contributed by atoms with Crippen LogP contribution in [0.3, 0.4) is 0 Å². The van der Waals surface area contributed by atoms with Gasteiger partial charge in [-0.2, -0.15) is 0 Å². The lowest BCUT2D eigenvalue weighted by Crippen LogP contribution is -2.39. The van der Waals surface area contributed by atoms with Gasteiger partial charge in [-0.05, 0) is 25.7 Å². The number of H-pyrrole nitrogens is 1. The van der Waals surface area contributed by atoms with Crippen molar-refractivity contribution in [3.8, 4) is 0 Å². The van der Waals surface area contributed by atoms with Crippen LogP contribution in [0.5, 0.6) is 0 Å². The van der Waals surface area contributed by atoms with Crippen LogP contribution >= 0.6 is 0 Å². The number of nitrogens with one attached hydrogen (secondary N) is 1. The Morgan fingerprint density at radius 2 is 1.88 bits per heavy atom. The van der Waals surface area contributed by atoms with Crippen molar-refractivity contribution in [2.45, 2.75) is 59.9 Å². The molecule has 26 heavy (non-hydrogen) atoms. The van der Waals surface area contributed by atoms with Gasteiger partial charge in [-0.25, -0.2) is 4.79 Å². The van der Waals surface area contributed by atoms with E-state index >= 15 is 0 Å². The van der Waals surface area contributed by atoms with Crippen molar-refractivity contribution in [1.82, 2.24) is 9.55 Å². The molecule has 0 saturated carbocycles. The zero-order valence-electron chi connectivity index (χ0n) is 16.3. The molecule has 0 aliphatic heterocycles. The maximum atomic E-state index is 12.4. The van der Waals surface area contributed by atoms with Crippen LogP contribution in [0, 0.1) is 5.92 Å². The van der Waals surface area contributed by atoms with E-state index in [-0.39, 0.29) is 24.1 Å². The molecule has 8 heteroatoms. The minimum absolute atomic E-state index is 0.180. The largest absolute Gasteiger partial charge is 0.466 e. The Morgan fingerprint density at radius 1 is 1.23 bits per heavy atom. The number of hydrogen-bond acceptors (Lipinski definition) is 6. The normalized spacial score (nSPS) is 11.0. The number of carbonyl (C=O) groups excluding carboxylic acids is 1. The highest BCUT2D eigenvalue weighted by atomic mass is 16.5. The van der Waals surface area contributed by atoms with E-state index in [9.17, 15) is 14.4 Å². The molecule has 0 spiro atoms. The number of anilines is 2. The first-order valence-electron chi connectivity index (χ1n) is 9.34. The highest BCUT2D eigenvalue weighted by molar-refractivity contribution is 5.69. The third-order valence-electron chi connectivity index (χ3n) is 3.97. The van der Waals surface area contributed by atoms with Crippen LogP contribution < -0.4 is 21.9 Å². The monoisotopic (exact) mass is 368 g/mol. The van der Waals surface area contributed by atoms with Gasteiger partial charge in [0.25, 0.3) is 5.56 Å². The Balaban J connectivity index is 3.10. The number of rotatable bonds is 11. The van der Waals surface area contributed by atoms with Gasteiger partial charge < -0.3 is 15.4 Å². The first-order valence-corrected chi connectivity index (χ1v) is 9.34. The van der Waals surface area contributed by atoms with Crippen LogP contribution in [0.4, 0.5) is 11.5 Å². The summed E-state index contributed by atoms with van der Waals surface area (Å²) < 4.78 is 6.35. The number of nitrogens with zero attached hydrogens (tertiary/aromatic N) is 2. The Kier molecular flexibility index (Phi) is 8.95. The first-order chi connectivity index (χ1) is 12.3. The molecule has 0 radical (unpaired) electrons. The summed E-state index contributed by atoms with van der Waals surface area (Å²) in [5.74, 6) is 0.135. The lowest BCUT2D eigenvalue weighted by atomic mass is 10.2. The summed E-state index contributed by atoms with van der Waals surface area (Å²) >= 11 is 0. The van der Waals surface area contributed by atoms with Gasteiger partial charge in [0, 0.05) is 26.1 Å². The maximum absolute atomic E-state index is 12.4. The number of hydrogen-bond donors (Lipinski definition) is 2. The zero-order valence-corrected chi connectivity index (χ0v) is 16.3. The topological polar surface area (TPSA) is 110 Å². The fourth-order valence-electron chi connectivity index (χ4n) is 2.76. The van der Waals surface area contributed by atoms with E-state index in [1.54, 1.807) is 6.92 Å². The fourth-order valence-corrected chi connectivity index (χ4v) is 2.76. The van der Waals surface area contributed by atoms with E-state index in [4.69, 9.17) is 10.5 Å². The van der Waals surface area contributed by atoms with Crippen LogP contribution in [0.2, 0.25) is 0 Å². The molecule has 1 rings (SSSR count). The van der Waals surface area contributed by atoms with Gasteiger partial charge >= 0.3 is 11.7 Å². The van der Waals surface area contributed by atoms with Crippen molar-refractivity contribution in [3.63, 3.8) is 0 Å². The molecule has 0 saturated heterocycles. The van der Waals surface area contributed by atoms with E-state index in [0.717, 1.165) is 12.8 Å². The second kappa shape index (κ2) is 10.7. The molecule has 0 unspecified atom stereocenters. The predicted molar refractivity (Wildman–Crippen MR) is 104 cm³/mol. The SMILES string of the molecule is CCCCN(CCCC(=O)OCC)c1c(N)n(CC(C)C)c(=O)[nH]c1=O. The summed E-state index contributed by atoms with van der Waals surface area (Å²) in [4.78, 5) is 40.3. The molecule has 0 fully saturated rings. The highest BCUT2D eigenvalue weighted by Crippen LogP contribution is 2.19. The quantitative estimate of drug-likeness (QED) is 0.576. The zero-order chi connectivity index (χ0) is 19.7. The maximum Gasteiger partial charge on any atom is 0.330 e. The van der Waals surface area contributed by atoms with Crippen LogP contribution in [-0.4, -0.2) is 35.2 Å². The molecule has 0 amide bonds. The summed E-state index contributed by atoms with van der Waals surface area (Å²) in [7, 11) is 0. The molecule has 0 atom stereocenters. The summed E-state index contributed by atoms with van der Waals surface area (Å²) in [5.41, 5.74) is 5.52. The van der Waals surface area contributed by atoms with Crippen molar-refractivity contribution < 1.29 is 9.53 Å². The third-order valence-corrected chi connectivity index (χ3v) is 3.97. The second-order valence-corrected chi connectivity index (χ2v) is 6.75. The van der Waals surface area contributed by atoms with E-state index in [1.165, 1.54) is 4.57 Å². The van der Waals surface area contributed by atoms with E-state index in [1.807, 2.05) is 18.7 Å². The van der Waals surface area contributed by atoms with Crippen LogP contribution in [0.15, 0.2) is 9.59 Å². The van der Waals surface area contributed by atoms with Gasteiger partial charge in [-0.3, -0.25) is 19.1 Å². The van der Waals surface area contributed by atoms with Crippen molar-refractivity contribution in [3.05, 3.63) is 20.8 Å². The average Bonchev–Trinajstić information content (AvgIpc) is 2.55. The Labute approximate surface area is 154 Å². The third kappa shape index (κ3) is 6.24. The lowest BCUT2D eigenvalue weighted by Gasteiger charge is -2.26. The predicted octanol–water partition coefficient (Wildman–Crippen LogP) is 1.72. The number of nitrogens with two attached hydrogens (primary N) is 1. The molecule has 148 valence electrons. The Morgan fingerprint density at radius 3 is 2.46 bits per heavy atom. The Hall–Kier alpha value is -2.25. The molecular weight excluding hydrogens is 336 g/mol. The molecule has 0 aliphatic rings. The van der Waals surface area contributed by atoms with Crippen molar-refractivity contribution in [1.29, 1.82) is 0 Å². The number of nitrogen functional groups attached to an aromatic ring is 1. The minimum atomic E-state index is -0.494. The van der Waals surface area contributed by atoms with Gasteiger partial charge in [0.05, 0.1) is 6.61 Å². The number of esters is 1. The number of aromatic nitrogens is 2. The summed E-state index contributed by atoms with van der Waals surface area (Å²) in [5, 5.41) is 0. The molecule has 1 aromatic heterocycles. The minimum Gasteiger partial charge on any atom is -0.466 e. The number of carbonyl (C=O) groups is 1. The van der Waals surface area contributed by atoms with Gasteiger partial charge in [0.2, 0.25) is 0 Å². The Bertz CT molecular complexity index is 693. The number of aromatic amines is 1. The highest BCUT2D eigenvalue weighted by Gasteiger charge is 2.19. The van der Waals surface area contributed by atoms with Gasteiger partial charge in [-0.15, -0.1) is 0 Å². The molecule has 0 aromatic carbocycles. The molecule has 0 bridgehead atoms. The number of ether oxygens (including phenoxy) is 1. The first kappa shape index (κ1) is 21.8.